The molecule has 1 rings (SSSR count). The van der Waals surface area contributed by atoms with Crippen LogP contribution in [-0.4, -0.2) is 50.7 Å². The normalized spacial score (nSPS) is 10.5. The highest BCUT2D eigenvalue weighted by atomic mass is 16.5. The Labute approximate surface area is 118 Å². The Hall–Kier alpha value is -2.12. The van der Waals surface area contributed by atoms with Gasteiger partial charge in [-0.3, -0.25) is 0 Å². The molecule has 1 aromatic carbocycles. The lowest BCUT2D eigenvalue weighted by atomic mass is 10.2. The highest BCUT2D eigenvalue weighted by molar-refractivity contribution is 5.81. The van der Waals surface area contributed by atoms with Gasteiger partial charge in [-0.1, -0.05) is 0 Å². The first-order valence-electron chi connectivity index (χ1n) is 6.29. The summed E-state index contributed by atoms with van der Waals surface area (Å²) in [5, 5.41) is 17.9. The predicted octanol–water partition coefficient (Wildman–Crippen LogP) is -0.0898. The van der Waals surface area contributed by atoms with E-state index in [0.717, 1.165) is 11.3 Å². The largest absolute Gasteiger partial charge is 0.497 e. The lowest BCUT2D eigenvalue weighted by molar-refractivity contribution is 0.241. The summed E-state index contributed by atoms with van der Waals surface area (Å²) in [6, 6.07) is 6.92. The third kappa shape index (κ3) is 6.72. The molecular formula is C13H20N4O3. The number of ether oxygens (including phenoxy) is 1. The molecular weight excluding hydrogens is 260 g/mol. The summed E-state index contributed by atoms with van der Waals surface area (Å²) >= 11 is 0. The van der Waals surface area contributed by atoms with Crippen molar-refractivity contribution in [2.45, 2.75) is 0 Å². The van der Waals surface area contributed by atoms with Crippen LogP contribution in [-0.2, 0) is 0 Å². The number of amides is 2. The Morgan fingerprint density at radius 1 is 1.30 bits per heavy atom. The summed E-state index contributed by atoms with van der Waals surface area (Å²) in [5.74, 6) is 0.767. The molecule has 0 aliphatic rings. The summed E-state index contributed by atoms with van der Waals surface area (Å²) in [6.07, 6.45) is 1.54. The van der Waals surface area contributed by atoms with E-state index in [2.05, 4.69) is 21.2 Å². The summed E-state index contributed by atoms with van der Waals surface area (Å²) in [7, 11) is 1.60. The molecule has 0 spiro atoms. The van der Waals surface area contributed by atoms with Gasteiger partial charge in [0.25, 0.3) is 0 Å². The van der Waals surface area contributed by atoms with E-state index >= 15 is 0 Å². The number of hydrazone groups is 1. The molecule has 20 heavy (non-hydrogen) atoms. The van der Waals surface area contributed by atoms with Crippen LogP contribution in [0.4, 0.5) is 4.79 Å². The average Bonchev–Trinajstić information content (AvgIpc) is 2.48. The van der Waals surface area contributed by atoms with Gasteiger partial charge >= 0.3 is 6.03 Å². The van der Waals surface area contributed by atoms with Crippen molar-refractivity contribution in [1.82, 2.24) is 16.1 Å². The van der Waals surface area contributed by atoms with Crippen molar-refractivity contribution >= 4 is 12.2 Å². The quantitative estimate of drug-likeness (QED) is 0.304. The maximum absolute atomic E-state index is 11.3. The van der Waals surface area contributed by atoms with Crippen molar-refractivity contribution in [3.63, 3.8) is 0 Å². The zero-order chi connectivity index (χ0) is 14.6. The van der Waals surface area contributed by atoms with Gasteiger partial charge in [0.2, 0.25) is 0 Å². The smallest absolute Gasteiger partial charge is 0.335 e. The number of benzene rings is 1. The van der Waals surface area contributed by atoms with Crippen molar-refractivity contribution in [2.24, 2.45) is 5.10 Å². The molecule has 1 aromatic rings. The minimum absolute atomic E-state index is 0.0817. The fourth-order valence-corrected chi connectivity index (χ4v) is 1.36. The second kappa shape index (κ2) is 9.76. The molecule has 0 aromatic heterocycles. The predicted molar refractivity (Wildman–Crippen MR) is 77.1 cm³/mol. The van der Waals surface area contributed by atoms with Gasteiger partial charge in [0.1, 0.15) is 5.75 Å². The SMILES string of the molecule is COc1ccc(/C=N/NC(=O)NCCNCCO)cc1. The Kier molecular flexibility index (Phi) is 7.78. The first-order valence-corrected chi connectivity index (χ1v) is 6.29. The number of nitrogens with one attached hydrogen (secondary N) is 3. The third-order valence-electron chi connectivity index (χ3n) is 2.37. The van der Waals surface area contributed by atoms with Crippen LogP contribution in [0.25, 0.3) is 0 Å². The maximum Gasteiger partial charge on any atom is 0.335 e. The van der Waals surface area contributed by atoms with Crippen molar-refractivity contribution in [2.75, 3.05) is 33.4 Å². The molecule has 7 nitrogen and oxygen atoms in total. The van der Waals surface area contributed by atoms with Crippen molar-refractivity contribution in [3.05, 3.63) is 29.8 Å². The fraction of sp³-hybridized carbons (Fsp3) is 0.385. The van der Waals surface area contributed by atoms with Gasteiger partial charge in [-0.05, 0) is 29.8 Å². The summed E-state index contributed by atoms with van der Waals surface area (Å²) < 4.78 is 5.04. The van der Waals surface area contributed by atoms with Gasteiger partial charge in [0.15, 0.2) is 0 Å². The van der Waals surface area contributed by atoms with Crippen LogP contribution in [0.1, 0.15) is 5.56 Å². The van der Waals surface area contributed by atoms with Crippen LogP contribution in [0.2, 0.25) is 0 Å². The molecule has 2 amide bonds. The highest BCUT2D eigenvalue weighted by Gasteiger charge is 1.96. The molecule has 7 heteroatoms. The number of hydrogen-bond acceptors (Lipinski definition) is 5. The molecule has 110 valence electrons. The second-order valence-electron chi connectivity index (χ2n) is 3.87. The summed E-state index contributed by atoms with van der Waals surface area (Å²) in [5.41, 5.74) is 3.22. The lowest BCUT2D eigenvalue weighted by Gasteiger charge is -2.04. The maximum atomic E-state index is 11.3. The molecule has 4 N–H and O–H groups in total. The van der Waals surface area contributed by atoms with E-state index in [1.54, 1.807) is 13.3 Å². The zero-order valence-corrected chi connectivity index (χ0v) is 11.4. The van der Waals surface area contributed by atoms with Gasteiger partial charge in [-0.15, -0.1) is 0 Å². The van der Waals surface area contributed by atoms with Crippen molar-refractivity contribution in [3.8, 4) is 5.75 Å². The van der Waals surface area contributed by atoms with E-state index in [4.69, 9.17) is 9.84 Å². The van der Waals surface area contributed by atoms with E-state index in [0.29, 0.717) is 19.6 Å². The monoisotopic (exact) mass is 280 g/mol. The zero-order valence-electron chi connectivity index (χ0n) is 11.4. The van der Waals surface area contributed by atoms with E-state index in [1.807, 2.05) is 24.3 Å². The molecule has 0 aliphatic carbocycles. The van der Waals surface area contributed by atoms with E-state index < -0.39 is 0 Å². The molecule has 0 aliphatic heterocycles. The first-order chi connectivity index (χ1) is 9.76. The van der Waals surface area contributed by atoms with Crippen LogP contribution in [0.15, 0.2) is 29.4 Å². The van der Waals surface area contributed by atoms with Crippen LogP contribution in [0, 0.1) is 0 Å². The number of aliphatic hydroxyl groups excluding tert-OH is 1. The van der Waals surface area contributed by atoms with Gasteiger partial charge in [-0.25, -0.2) is 10.2 Å². The van der Waals surface area contributed by atoms with E-state index in [1.165, 1.54) is 0 Å². The van der Waals surface area contributed by atoms with Crippen molar-refractivity contribution in [1.29, 1.82) is 0 Å². The molecule has 0 radical (unpaired) electrons. The van der Waals surface area contributed by atoms with Crippen molar-refractivity contribution < 1.29 is 14.6 Å². The number of nitrogens with zero attached hydrogens (tertiary/aromatic N) is 1. The molecule has 0 atom stereocenters. The third-order valence-corrected chi connectivity index (χ3v) is 2.37. The minimum atomic E-state index is -0.374. The fourth-order valence-electron chi connectivity index (χ4n) is 1.36. The topological polar surface area (TPSA) is 95.0 Å². The number of aliphatic hydroxyl groups is 1. The number of methoxy groups -OCH3 is 1. The molecule has 0 fully saturated rings. The van der Waals surface area contributed by atoms with Crippen LogP contribution in [0.5, 0.6) is 5.75 Å². The molecule has 0 saturated carbocycles. The number of rotatable bonds is 8. The van der Waals surface area contributed by atoms with Gasteiger partial charge < -0.3 is 20.5 Å². The first kappa shape index (κ1) is 15.9. The number of carbonyl (C=O) groups excluding carboxylic acids is 1. The number of urea groups is 1. The van der Waals surface area contributed by atoms with Gasteiger partial charge in [0.05, 0.1) is 19.9 Å². The Balaban J connectivity index is 2.20. The molecule has 0 bridgehead atoms. The summed E-state index contributed by atoms with van der Waals surface area (Å²) in [6.45, 7) is 1.65. The van der Waals surface area contributed by atoms with E-state index in [-0.39, 0.29) is 12.6 Å². The Bertz CT molecular complexity index is 420. The highest BCUT2D eigenvalue weighted by Crippen LogP contribution is 2.09. The number of hydrogen-bond donors (Lipinski definition) is 4. The average molecular weight is 280 g/mol. The van der Waals surface area contributed by atoms with Gasteiger partial charge in [0, 0.05) is 19.6 Å². The second-order valence-corrected chi connectivity index (χ2v) is 3.87. The molecule has 0 heterocycles. The lowest BCUT2D eigenvalue weighted by Crippen LogP contribution is -2.37. The van der Waals surface area contributed by atoms with Crippen LogP contribution in [0.3, 0.4) is 0 Å². The van der Waals surface area contributed by atoms with Gasteiger partial charge in [-0.2, -0.15) is 5.10 Å². The van der Waals surface area contributed by atoms with Crippen LogP contribution < -0.4 is 20.8 Å². The standard InChI is InChI=1S/C13H20N4O3/c1-20-12-4-2-11(3-5-12)10-16-17-13(19)15-7-6-14-8-9-18/h2-5,10,14,18H,6-9H2,1H3,(H2,15,17,19)/b16-10+. The Morgan fingerprint density at radius 3 is 2.70 bits per heavy atom. The Morgan fingerprint density at radius 2 is 2.05 bits per heavy atom. The summed E-state index contributed by atoms with van der Waals surface area (Å²) in [4.78, 5) is 11.3. The molecule has 0 saturated heterocycles. The number of carbonyl (C=O) groups is 1. The minimum Gasteiger partial charge on any atom is -0.497 e. The van der Waals surface area contributed by atoms with E-state index in [9.17, 15) is 4.79 Å². The van der Waals surface area contributed by atoms with Crippen LogP contribution >= 0.6 is 0 Å². The molecule has 0 unspecified atom stereocenters.